The number of carbonyl (C=O) groups is 1. The highest BCUT2D eigenvalue weighted by molar-refractivity contribution is 5.79. The molecule has 2 aliphatic heterocycles. The van der Waals surface area contributed by atoms with Crippen LogP contribution in [0.15, 0.2) is 24.3 Å². The Morgan fingerprint density at radius 1 is 1.09 bits per heavy atom. The van der Waals surface area contributed by atoms with Gasteiger partial charge in [-0.1, -0.05) is 29.8 Å². The number of hydrogen-bond donors (Lipinski definition) is 1. The molecule has 3 rings (SSSR count). The maximum Gasteiger partial charge on any atom is 0.223 e. The molecule has 1 aromatic rings. The van der Waals surface area contributed by atoms with Crippen LogP contribution in [0.4, 0.5) is 0 Å². The lowest BCUT2D eigenvalue weighted by molar-refractivity contribution is -0.131. The molecule has 0 bridgehead atoms. The minimum Gasteiger partial charge on any atom is -0.381 e. The van der Waals surface area contributed by atoms with E-state index in [1.54, 1.807) is 0 Å². The predicted molar refractivity (Wildman–Crippen MR) is 84.6 cm³/mol. The molecule has 4 heteroatoms. The molecule has 0 aliphatic carbocycles. The maximum atomic E-state index is 12.5. The van der Waals surface area contributed by atoms with Crippen LogP contribution in [0, 0.1) is 12.8 Å². The first-order valence-corrected chi connectivity index (χ1v) is 8.30. The monoisotopic (exact) mass is 303 g/mol. The standard InChI is InChI=1S/C18H25NO3/c1-13-4-6-14(7-5-13)17-16(3-2-10-22-17)19-18(20)15-8-11-21-12-9-15/h4-7,15-17H,2-3,8-12H2,1H3,(H,19,20)/t16-,17+/m1/s1. The second kappa shape index (κ2) is 7.25. The van der Waals surface area contributed by atoms with Gasteiger partial charge in [0, 0.05) is 25.7 Å². The molecule has 2 aliphatic rings. The van der Waals surface area contributed by atoms with Crippen LogP contribution in [0.1, 0.15) is 42.9 Å². The Kier molecular flexibility index (Phi) is 5.11. The van der Waals surface area contributed by atoms with Crippen molar-refractivity contribution in [1.29, 1.82) is 0 Å². The van der Waals surface area contributed by atoms with E-state index in [0.717, 1.165) is 37.9 Å². The van der Waals surface area contributed by atoms with E-state index in [9.17, 15) is 4.79 Å². The summed E-state index contributed by atoms with van der Waals surface area (Å²) in [6.45, 7) is 4.24. The van der Waals surface area contributed by atoms with E-state index >= 15 is 0 Å². The molecule has 0 radical (unpaired) electrons. The van der Waals surface area contributed by atoms with Gasteiger partial charge in [0.2, 0.25) is 5.91 Å². The molecule has 2 fully saturated rings. The van der Waals surface area contributed by atoms with Gasteiger partial charge in [-0.25, -0.2) is 0 Å². The highest BCUT2D eigenvalue weighted by Crippen LogP contribution is 2.29. The largest absolute Gasteiger partial charge is 0.381 e. The molecule has 0 aromatic heterocycles. The number of ether oxygens (including phenoxy) is 2. The second-order valence-electron chi connectivity index (χ2n) is 6.35. The fraction of sp³-hybridized carbons (Fsp3) is 0.611. The number of carbonyl (C=O) groups excluding carboxylic acids is 1. The molecule has 22 heavy (non-hydrogen) atoms. The zero-order valence-electron chi connectivity index (χ0n) is 13.2. The topological polar surface area (TPSA) is 47.6 Å². The SMILES string of the molecule is Cc1ccc([C@@H]2OCCC[C@H]2NC(=O)C2CCOCC2)cc1. The van der Waals surface area contributed by atoms with Crippen molar-refractivity contribution < 1.29 is 14.3 Å². The molecule has 120 valence electrons. The number of rotatable bonds is 3. The number of aryl methyl sites for hydroxylation is 1. The van der Waals surface area contributed by atoms with E-state index in [-0.39, 0.29) is 24.0 Å². The van der Waals surface area contributed by atoms with Crippen molar-refractivity contribution in [3.8, 4) is 0 Å². The Bertz CT molecular complexity index is 494. The quantitative estimate of drug-likeness (QED) is 0.934. The van der Waals surface area contributed by atoms with Gasteiger partial charge in [-0.2, -0.15) is 0 Å². The third kappa shape index (κ3) is 3.68. The highest BCUT2D eigenvalue weighted by atomic mass is 16.5. The number of hydrogen-bond acceptors (Lipinski definition) is 3. The van der Waals surface area contributed by atoms with Gasteiger partial charge in [0.05, 0.1) is 6.04 Å². The van der Waals surface area contributed by atoms with Crippen LogP contribution in [-0.4, -0.2) is 31.8 Å². The molecule has 2 atom stereocenters. The van der Waals surface area contributed by atoms with Gasteiger partial charge < -0.3 is 14.8 Å². The van der Waals surface area contributed by atoms with Crippen molar-refractivity contribution in [3.05, 3.63) is 35.4 Å². The smallest absolute Gasteiger partial charge is 0.223 e. The van der Waals surface area contributed by atoms with Gasteiger partial charge in [-0.05, 0) is 38.2 Å². The van der Waals surface area contributed by atoms with E-state index < -0.39 is 0 Å². The van der Waals surface area contributed by atoms with Crippen LogP contribution in [0.3, 0.4) is 0 Å². The third-order valence-corrected chi connectivity index (χ3v) is 4.65. The van der Waals surface area contributed by atoms with E-state index in [2.05, 4.69) is 36.5 Å². The zero-order valence-corrected chi connectivity index (χ0v) is 13.2. The number of benzene rings is 1. The second-order valence-corrected chi connectivity index (χ2v) is 6.35. The summed E-state index contributed by atoms with van der Waals surface area (Å²) >= 11 is 0. The Balaban J connectivity index is 1.66. The molecule has 1 N–H and O–H groups in total. The molecule has 0 unspecified atom stereocenters. The number of amides is 1. The summed E-state index contributed by atoms with van der Waals surface area (Å²) in [6, 6.07) is 8.50. The van der Waals surface area contributed by atoms with Crippen LogP contribution in [0.25, 0.3) is 0 Å². The molecular formula is C18H25NO3. The molecule has 4 nitrogen and oxygen atoms in total. The number of nitrogens with one attached hydrogen (secondary N) is 1. The van der Waals surface area contributed by atoms with E-state index in [1.165, 1.54) is 5.56 Å². The van der Waals surface area contributed by atoms with Gasteiger partial charge in [0.15, 0.2) is 0 Å². The Morgan fingerprint density at radius 2 is 1.82 bits per heavy atom. The summed E-state index contributed by atoms with van der Waals surface area (Å²) in [6.07, 6.45) is 3.61. The van der Waals surface area contributed by atoms with Crippen LogP contribution in [0.2, 0.25) is 0 Å². The molecular weight excluding hydrogens is 278 g/mol. The zero-order chi connectivity index (χ0) is 15.4. The lowest BCUT2D eigenvalue weighted by Crippen LogP contribution is -2.46. The Labute approximate surface area is 132 Å². The molecule has 1 aromatic carbocycles. The highest BCUT2D eigenvalue weighted by Gasteiger charge is 2.31. The summed E-state index contributed by atoms with van der Waals surface area (Å²) in [7, 11) is 0. The molecule has 0 spiro atoms. The van der Waals surface area contributed by atoms with Crippen molar-refractivity contribution in [3.63, 3.8) is 0 Å². The summed E-state index contributed by atoms with van der Waals surface area (Å²) in [5.74, 6) is 0.255. The average Bonchev–Trinajstić information content (AvgIpc) is 2.57. The molecule has 2 heterocycles. The summed E-state index contributed by atoms with van der Waals surface area (Å²) < 4.78 is 11.3. The fourth-order valence-corrected chi connectivity index (χ4v) is 3.27. The van der Waals surface area contributed by atoms with E-state index in [4.69, 9.17) is 9.47 Å². The van der Waals surface area contributed by atoms with Crippen molar-refractivity contribution in [2.24, 2.45) is 5.92 Å². The lowest BCUT2D eigenvalue weighted by Gasteiger charge is -2.34. The Morgan fingerprint density at radius 3 is 2.55 bits per heavy atom. The molecule has 1 amide bonds. The van der Waals surface area contributed by atoms with Crippen LogP contribution >= 0.6 is 0 Å². The van der Waals surface area contributed by atoms with E-state index in [1.807, 2.05) is 0 Å². The van der Waals surface area contributed by atoms with Crippen LogP contribution in [0.5, 0.6) is 0 Å². The van der Waals surface area contributed by atoms with Gasteiger partial charge in [0.1, 0.15) is 6.10 Å². The van der Waals surface area contributed by atoms with Crippen LogP contribution < -0.4 is 5.32 Å². The maximum absolute atomic E-state index is 12.5. The normalized spacial score (nSPS) is 26.6. The summed E-state index contributed by atoms with van der Waals surface area (Å²) in [5.41, 5.74) is 2.39. The first kappa shape index (κ1) is 15.5. The predicted octanol–water partition coefficient (Wildman–Crippen LogP) is 2.76. The average molecular weight is 303 g/mol. The van der Waals surface area contributed by atoms with Crippen molar-refractivity contribution in [2.45, 2.75) is 44.8 Å². The van der Waals surface area contributed by atoms with Crippen molar-refractivity contribution in [2.75, 3.05) is 19.8 Å². The molecule has 2 saturated heterocycles. The first-order chi connectivity index (χ1) is 10.7. The summed E-state index contributed by atoms with van der Waals surface area (Å²) in [4.78, 5) is 12.5. The summed E-state index contributed by atoms with van der Waals surface area (Å²) in [5, 5.41) is 3.23. The van der Waals surface area contributed by atoms with Gasteiger partial charge in [-0.15, -0.1) is 0 Å². The Hall–Kier alpha value is -1.39. The minimum absolute atomic E-state index is 0.0295. The van der Waals surface area contributed by atoms with Gasteiger partial charge >= 0.3 is 0 Å². The fourth-order valence-electron chi connectivity index (χ4n) is 3.27. The van der Waals surface area contributed by atoms with Gasteiger partial charge in [-0.3, -0.25) is 4.79 Å². The lowest BCUT2D eigenvalue weighted by atomic mass is 9.93. The third-order valence-electron chi connectivity index (χ3n) is 4.65. The van der Waals surface area contributed by atoms with Crippen molar-refractivity contribution >= 4 is 5.91 Å². The molecule has 0 saturated carbocycles. The van der Waals surface area contributed by atoms with Gasteiger partial charge in [0.25, 0.3) is 0 Å². The minimum atomic E-state index is -0.0295. The first-order valence-electron chi connectivity index (χ1n) is 8.30. The van der Waals surface area contributed by atoms with E-state index in [0.29, 0.717) is 13.2 Å². The van der Waals surface area contributed by atoms with Crippen LogP contribution in [-0.2, 0) is 14.3 Å². The van der Waals surface area contributed by atoms with Crippen molar-refractivity contribution in [1.82, 2.24) is 5.32 Å².